The molecular formula is C22H24N6O2. The van der Waals surface area contributed by atoms with E-state index in [4.69, 9.17) is 0 Å². The van der Waals surface area contributed by atoms with Gasteiger partial charge in [0.1, 0.15) is 18.2 Å². The van der Waals surface area contributed by atoms with Crippen LogP contribution in [0.5, 0.6) is 0 Å². The molecule has 0 radical (unpaired) electrons. The summed E-state index contributed by atoms with van der Waals surface area (Å²) in [7, 11) is 0. The highest BCUT2D eigenvalue weighted by Crippen LogP contribution is 2.18. The van der Waals surface area contributed by atoms with E-state index in [1.165, 1.54) is 0 Å². The molecule has 0 aliphatic carbocycles. The number of aromatic nitrogens is 5. The number of pyridine rings is 1. The molecule has 0 aliphatic heterocycles. The fourth-order valence-corrected chi connectivity index (χ4v) is 3.59. The molecule has 0 spiro atoms. The normalized spacial score (nSPS) is 11.1. The molecule has 4 aromatic rings. The van der Waals surface area contributed by atoms with Crippen molar-refractivity contribution in [3.05, 3.63) is 82.4 Å². The maximum absolute atomic E-state index is 12.9. The van der Waals surface area contributed by atoms with E-state index in [0.717, 1.165) is 22.9 Å². The number of para-hydroxylation sites is 1. The van der Waals surface area contributed by atoms with Crippen molar-refractivity contribution in [3.8, 4) is 0 Å². The molecule has 0 bridgehead atoms. The van der Waals surface area contributed by atoms with Crippen LogP contribution in [0.3, 0.4) is 0 Å². The van der Waals surface area contributed by atoms with Gasteiger partial charge in [0.2, 0.25) is 0 Å². The summed E-state index contributed by atoms with van der Waals surface area (Å²) in [6.07, 6.45) is 8.44. The van der Waals surface area contributed by atoms with Gasteiger partial charge < -0.3 is 19.4 Å². The molecule has 154 valence electrons. The summed E-state index contributed by atoms with van der Waals surface area (Å²) in [4.78, 5) is 28.8. The van der Waals surface area contributed by atoms with E-state index in [-0.39, 0.29) is 17.0 Å². The molecule has 0 atom stereocenters. The number of hydrogen-bond donors (Lipinski definition) is 2. The van der Waals surface area contributed by atoms with E-state index in [1.54, 1.807) is 30.3 Å². The predicted octanol–water partition coefficient (Wildman–Crippen LogP) is 2.29. The number of nitrogens with zero attached hydrogens (tertiary/aromatic N) is 4. The lowest BCUT2D eigenvalue weighted by atomic mass is 10.1. The number of carbonyl (C=O) groups is 1. The number of aromatic amines is 1. The fourth-order valence-electron chi connectivity index (χ4n) is 3.59. The quantitative estimate of drug-likeness (QED) is 0.440. The Balaban J connectivity index is 1.42. The number of H-pyrrole nitrogens is 1. The molecule has 30 heavy (non-hydrogen) atoms. The number of rotatable bonds is 8. The third-order valence-electron chi connectivity index (χ3n) is 5.24. The third-order valence-corrected chi connectivity index (χ3v) is 5.24. The Bertz CT molecular complexity index is 1210. The molecule has 4 rings (SSSR count). The number of amides is 1. The molecule has 0 aliphatic rings. The predicted molar refractivity (Wildman–Crippen MR) is 114 cm³/mol. The minimum atomic E-state index is -0.331. The van der Waals surface area contributed by atoms with E-state index >= 15 is 0 Å². The molecule has 3 aromatic heterocycles. The van der Waals surface area contributed by atoms with E-state index in [1.807, 2.05) is 35.0 Å². The lowest BCUT2D eigenvalue weighted by Crippen LogP contribution is -2.35. The van der Waals surface area contributed by atoms with Crippen LogP contribution in [0, 0.1) is 6.92 Å². The Morgan fingerprint density at radius 2 is 1.93 bits per heavy atom. The van der Waals surface area contributed by atoms with Crippen molar-refractivity contribution >= 4 is 16.8 Å². The van der Waals surface area contributed by atoms with Gasteiger partial charge in [-0.05, 0) is 43.0 Å². The largest absolute Gasteiger partial charge is 0.361 e. The van der Waals surface area contributed by atoms with E-state index in [0.29, 0.717) is 31.6 Å². The maximum Gasteiger partial charge on any atom is 0.263 e. The molecule has 3 heterocycles. The highest BCUT2D eigenvalue weighted by molar-refractivity contribution is 5.95. The fraction of sp³-hybridized carbons (Fsp3) is 0.273. The summed E-state index contributed by atoms with van der Waals surface area (Å²) < 4.78 is 3.46. The van der Waals surface area contributed by atoms with Crippen LogP contribution < -0.4 is 10.9 Å². The first-order chi connectivity index (χ1) is 14.6. The second kappa shape index (κ2) is 8.77. The average Bonchev–Trinajstić information content (AvgIpc) is 3.41. The van der Waals surface area contributed by atoms with Gasteiger partial charge in [0.05, 0.1) is 0 Å². The van der Waals surface area contributed by atoms with Crippen molar-refractivity contribution in [1.82, 2.24) is 29.6 Å². The molecular weight excluding hydrogens is 380 g/mol. The number of hydrogen-bond acceptors (Lipinski definition) is 4. The van der Waals surface area contributed by atoms with Crippen LogP contribution in [0.15, 0.2) is 60.2 Å². The van der Waals surface area contributed by atoms with Gasteiger partial charge in [-0.3, -0.25) is 9.59 Å². The van der Waals surface area contributed by atoms with Crippen molar-refractivity contribution in [2.24, 2.45) is 0 Å². The van der Waals surface area contributed by atoms with Crippen LogP contribution in [0.4, 0.5) is 0 Å². The smallest absolute Gasteiger partial charge is 0.263 e. The molecule has 0 saturated carbocycles. The van der Waals surface area contributed by atoms with Gasteiger partial charge in [0.15, 0.2) is 0 Å². The minimum Gasteiger partial charge on any atom is -0.361 e. The first kappa shape index (κ1) is 19.6. The molecule has 0 saturated heterocycles. The number of carbonyl (C=O) groups excluding carboxylic acids is 1. The molecule has 8 nitrogen and oxygen atoms in total. The lowest BCUT2D eigenvalue weighted by molar-refractivity contribution is 0.0950. The van der Waals surface area contributed by atoms with Crippen LogP contribution >= 0.6 is 0 Å². The van der Waals surface area contributed by atoms with Gasteiger partial charge in [-0.25, -0.2) is 0 Å². The van der Waals surface area contributed by atoms with Gasteiger partial charge in [0, 0.05) is 42.9 Å². The van der Waals surface area contributed by atoms with Crippen molar-refractivity contribution in [3.63, 3.8) is 0 Å². The van der Waals surface area contributed by atoms with E-state index < -0.39 is 0 Å². The van der Waals surface area contributed by atoms with Gasteiger partial charge in [-0.15, -0.1) is 10.2 Å². The van der Waals surface area contributed by atoms with E-state index in [2.05, 4.69) is 26.6 Å². The first-order valence-electron chi connectivity index (χ1n) is 9.99. The highest BCUT2D eigenvalue weighted by atomic mass is 16.2. The maximum atomic E-state index is 12.9. The van der Waals surface area contributed by atoms with Crippen molar-refractivity contribution < 1.29 is 4.79 Å². The third kappa shape index (κ3) is 4.17. The van der Waals surface area contributed by atoms with Crippen molar-refractivity contribution in [1.29, 1.82) is 0 Å². The summed E-state index contributed by atoms with van der Waals surface area (Å²) in [6.45, 7) is 3.47. The summed E-state index contributed by atoms with van der Waals surface area (Å²) in [5.74, 6) is -0.331. The van der Waals surface area contributed by atoms with Crippen LogP contribution in [-0.2, 0) is 19.5 Å². The van der Waals surface area contributed by atoms with Gasteiger partial charge in [-0.2, -0.15) is 0 Å². The van der Waals surface area contributed by atoms with Crippen LogP contribution in [0.2, 0.25) is 0 Å². The highest BCUT2D eigenvalue weighted by Gasteiger charge is 2.15. The Kier molecular flexibility index (Phi) is 5.74. The number of aryl methyl sites for hydroxylation is 4. The zero-order valence-electron chi connectivity index (χ0n) is 16.8. The van der Waals surface area contributed by atoms with Gasteiger partial charge in [0.25, 0.3) is 11.5 Å². The molecule has 1 aromatic carbocycles. The second-order valence-corrected chi connectivity index (χ2v) is 7.29. The standard InChI is InChI=1S/C22H24N6O2/c1-16-7-11-28(12-8-17-13-24-19-6-3-2-5-18(17)19)22(30)20(16)21(29)23-9-4-10-27-14-25-26-15-27/h2-3,5-7,11,13-15,24H,4,8-10,12H2,1H3,(H,23,29). The first-order valence-corrected chi connectivity index (χ1v) is 9.99. The average molecular weight is 404 g/mol. The van der Waals surface area contributed by atoms with Crippen LogP contribution in [0.25, 0.3) is 10.9 Å². The monoisotopic (exact) mass is 404 g/mol. The van der Waals surface area contributed by atoms with Crippen LogP contribution in [-0.4, -0.2) is 36.8 Å². The zero-order chi connectivity index (χ0) is 20.9. The summed E-state index contributed by atoms with van der Waals surface area (Å²) in [5.41, 5.74) is 2.86. The summed E-state index contributed by atoms with van der Waals surface area (Å²) in [5, 5.41) is 11.5. The van der Waals surface area contributed by atoms with Gasteiger partial charge in [-0.1, -0.05) is 18.2 Å². The topological polar surface area (TPSA) is 97.6 Å². The van der Waals surface area contributed by atoms with Crippen LogP contribution in [0.1, 0.15) is 27.9 Å². The minimum absolute atomic E-state index is 0.209. The summed E-state index contributed by atoms with van der Waals surface area (Å²) >= 11 is 0. The molecule has 2 N–H and O–H groups in total. The Hall–Kier alpha value is -3.68. The molecule has 0 fully saturated rings. The van der Waals surface area contributed by atoms with Crippen molar-refractivity contribution in [2.45, 2.75) is 32.9 Å². The Labute approximate surface area is 173 Å². The lowest BCUT2D eigenvalue weighted by Gasteiger charge is -2.11. The number of benzene rings is 1. The summed E-state index contributed by atoms with van der Waals surface area (Å²) in [6, 6.07) is 9.91. The SMILES string of the molecule is Cc1ccn(CCc2c[nH]c3ccccc23)c(=O)c1C(=O)NCCCn1cnnc1. The van der Waals surface area contributed by atoms with Gasteiger partial charge >= 0.3 is 0 Å². The number of fused-ring (bicyclic) bond motifs is 1. The Morgan fingerprint density at radius 1 is 1.13 bits per heavy atom. The Morgan fingerprint density at radius 3 is 2.77 bits per heavy atom. The number of nitrogens with one attached hydrogen (secondary N) is 2. The molecule has 0 unspecified atom stereocenters. The second-order valence-electron chi connectivity index (χ2n) is 7.29. The van der Waals surface area contributed by atoms with E-state index in [9.17, 15) is 9.59 Å². The zero-order valence-corrected chi connectivity index (χ0v) is 16.8. The van der Waals surface area contributed by atoms with Crippen molar-refractivity contribution in [2.75, 3.05) is 6.54 Å². The molecule has 1 amide bonds. The molecule has 8 heteroatoms.